The van der Waals surface area contributed by atoms with Crippen molar-refractivity contribution in [1.29, 1.82) is 0 Å². The predicted molar refractivity (Wildman–Crippen MR) is 76.5 cm³/mol. The molecule has 0 radical (unpaired) electrons. The molecular weight excluding hydrogens is 252 g/mol. The van der Waals surface area contributed by atoms with Crippen LogP contribution in [0.3, 0.4) is 0 Å². The van der Waals surface area contributed by atoms with Crippen LogP contribution in [0.25, 0.3) is 0 Å². The number of aliphatic hydroxyl groups excluding tert-OH is 1. The zero-order valence-corrected chi connectivity index (χ0v) is 12.6. The van der Waals surface area contributed by atoms with E-state index in [9.17, 15) is 4.79 Å². The summed E-state index contributed by atoms with van der Waals surface area (Å²) in [5.74, 6) is 0.777. The number of carbonyl (C=O) groups excluding carboxylic acids is 1. The van der Waals surface area contributed by atoms with Crippen molar-refractivity contribution in [3.05, 3.63) is 17.5 Å². The minimum atomic E-state index is -0.245. The first kappa shape index (κ1) is 13.8. The third kappa shape index (κ3) is 1.77. The Morgan fingerprint density at radius 1 is 1.40 bits per heavy atom. The molecule has 2 aliphatic carbocycles. The third-order valence-corrected chi connectivity index (χ3v) is 5.64. The first-order valence-electron chi connectivity index (χ1n) is 7.60. The molecule has 4 heteroatoms. The van der Waals surface area contributed by atoms with Crippen LogP contribution in [-0.2, 0) is 23.2 Å². The summed E-state index contributed by atoms with van der Waals surface area (Å²) < 4.78 is 1.86. The van der Waals surface area contributed by atoms with Crippen molar-refractivity contribution in [2.24, 2.45) is 11.3 Å². The molecule has 0 aromatic carbocycles. The van der Waals surface area contributed by atoms with Crippen LogP contribution in [-0.4, -0.2) is 27.3 Å². The van der Waals surface area contributed by atoms with Crippen molar-refractivity contribution in [3.63, 3.8) is 0 Å². The van der Waals surface area contributed by atoms with Crippen LogP contribution < -0.4 is 0 Å². The summed E-state index contributed by atoms with van der Waals surface area (Å²) >= 11 is 0. The predicted octanol–water partition coefficient (Wildman–Crippen LogP) is 2.08. The van der Waals surface area contributed by atoms with Crippen molar-refractivity contribution in [1.82, 2.24) is 9.78 Å². The molecule has 1 N–H and O–H groups in total. The minimum absolute atomic E-state index is 0.00565. The number of aliphatic hydroxyl groups is 1. The summed E-state index contributed by atoms with van der Waals surface area (Å²) in [5, 5.41) is 13.8. The minimum Gasteiger partial charge on any atom is -0.394 e. The van der Waals surface area contributed by atoms with E-state index in [1.807, 2.05) is 4.68 Å². The lowest BCUT2D eigenvalue weighted by Gasteiger charge is -2.51. The highest BCUT2D eigenvalue weighted by Gasteiger charge is 2.54. The van der Waals surface area contributed by atoms with Crippen LogP contribution in [0.1, 0.15) is 51.3 Å². The van der Waals surface area contributed by atoms with Gasteiger partial charge in [-0.25, -0.2) is 0 Å². The van der Waals surface area contributed by atoms with Crippen LogP contribution in [0.15, 0.2) is 6.20 Å². The fourth-order valence-corrected chi connectivity index (χ4v) is 4.47. The van der Waals surface area contributed by atoms with Gasteiger partial charge in [0, 0.05) is 23.4 Å². The summed E-state index contributed by atoms with van der Waals surface area (Å²) in [6.07, 6.45) is 5.70. The Hall–Kier alpha value is -1.16. The maximum Gasteiger partial charge on any atom is 0.138 e. The van der Waals surface area contributed by atoms with Gasteiger partial charge in [0.05, 0.1) is 18.8 Å². The van der Waals surface area contributed by atoms with Gasteiger partial charge in [-0.15, -0.1) is 0 Å². The number of hydrogen-bond donors (Lipinski definition) is 1. The Morgan fingerprint density at radius 3 is 2.85 bits per heavy atom. The summed E-state index contributed by atoms with van der Waals surface area (Å²) in [6, 6.07) is 0. The average molecular weight is 276 g/mol. The molecule has 1 heterocycles. The van der Waals surface area contributed by atoms with Crippen LogP contribution in [0.4, 0.5) is 0 Å². The second kappa shape index (κ2) is 4.42. The van der Waals surface area contributed by atoms with Crippen LogP contribution in [0.2, 0.25) is 0 Å². The summed E-state index contributed by atoms with van der Waals surface area (Å²) in [4.78, 5) is 12.3. The van der Waals surface area contributed by atoms with Crippen molar-refractivity contribution in [2.75, 3.05) is 6.61 Å². The van der Waals surface area contributed by atoms with Crippen molar-refractivity contribution in [3.8, 4) is 0 Å². The Kier molecular flexibility index (Phi) is 3.05. The maximum absolute atomic E-state index is 12.3. The number of hydrogen-bond acceptors (Lipinski definition) is 3. The van der Waals surface area contributed by atoms with Crippen LogP contribution in [0.5, 0.6) is 0 Å². The zero-order valence-electron chi connectivity index (χ0n) is 12.6. The number of aromatic nitrogens is 2. The van der Waals surface area contributed by atoms with Gasteiger partial charge in [0.2, 0.25) is 0 Å². The fraction of sp³-hybridized carbons (Fsp3) is 0.750. The lowest BCUT2D eigenvalue weighted by atomic mass is 9.51. The molecule has 1 saturated carbocycles. The van der Waals surface area contributed by atoms with E-state index in [0.717, 1.165) is 19.3 Å². The molecule has 1 aromatic rings. The molecule has 110 valence electrons. The molecule has 4 nitrogen and oxygen atoms in total. The Labute approximate surface area is 120 Å². The molecule has 0 spiro atoms. The molecule has 1 fully saturated rings. The highest BCUT2D eigenvalue weighted by molar-refractivity contribution is 5.86. The quantitative estimate of drug-likeness (QED) is 0.900. The molecule has 0 aliphatic heterocycles. The number of nitrogens with zero attached hydrogens (tertiary/aromatic N) is 2. The van der Waals surface area contributed by atoms with E-state index in [1.165, 1.54) is 11.3 Å². The molecule has 0 unspecified atom stereocenters. The zero-order chi connectivity index (χ0) is 14.5. The van der Waals surface area contributed by atoms with Crippen LogP contribution in [0, 0.1) is 11.3 Å². The van der Waals surface area contributed by atoms with Crippen LogP contribution >= 0.6 is 0 Å². The molecule has 1 aromatic heterocycles. The lowest BCUT2D eigenvalue weighted by Crippen LogP contribution is -2.52. The van der Waals surface area contributed by atoms with E-state index in [2.05, 4.69) is 27.0 Å². The third-order valence-electron chi connectivity index (χ3n) is 5.64. The largest absolute Gasteiger partial charge is 0.394 e. The smallest absolute Gasteiger partial charge is 0.138 e. The standard InChI is InChI=1S/C16H24N2O2/c1-15(2)12-5-4-11-10-18(8-9-19)17-14(11)16(12,3)7-6-13(15)20/h10,12,19H,4-9H2,1-3H3/t12-,16-/m0/s1. The van der Waals surface area contributed by atoms with Gasteiger partial charge in [-0.1, -0.05) is 20.8 Å². The molecule has 0 saturated heterocycles. The Morgan fingerprint density at radius 2 is 2.15 bits per heavy atom. The van der Waals surface area contributed by atoms with Crippen molar-refractivity contribution >= 4 is 5.78 Å². The van der Waals surface area contributed by atoms with Crippen molar-refractivity contribution < 1.29 is 9.90 Å². The molecule has 0 bridgehead atoms. The Bertz CT molecular complexity index is 547. The first-order chi connectivity index (χ1) is 9.39. The van der Waals surface area contributed by atoms with E-state index in [1.54, 1.807) is 0 Å². The normalized spacial score (nSPS) is 31.8. The number of rotatable bonds is 2. The SMILES string of the molecule is CC1(C)C(=O)CC[C@]2(C)c3nn(CCO)cc3CC[C@@H]12. The highest BCUT2D eigenvalue weighted by Crippen LogP contribution is 2.55. The highest BCUT2D eigenvalue weighted by atomic mass is 16.3. The van der Waals surface area contributed by atoms with Gasteiger partial charge in [0.25, 0.3) is 0 Å². The summed E-state index contributed by atoms with van der Waals surface area (Å²) in [6.45, 7) is 7.15. The molecule has 2 atom stereocenters. The van der Waals surface area contributed by atoms with Gasteiger partial charge < -0.3 is 5.11 Å². The lowest BCUT2D eigenvalue weighted by molar-refractivity contribution is -0.137. The number of fused-ring (bicyclic) bond motifs is 3. The summed E-state index contributed by atoms with van der Waals surface area (Å²) in [5.41, 5.74) is 2.24. The van der Waals surface area contributed by atoms with Gasteiger partial charge in [-0.05, 0) is 30.7 Å². The first-order valence-corrected chi connectivity index (χ1v) is 7.60. The molecule has 2 aliphatic rings. The van der Waals surface area contributed by atoms with E-state index >= 15 is 0 Å². The molecule has 3 rings (SSSR count). The fourth-order valence-electron chi connectivity index (χ4n) is 4.47. The topological polar surface area (TPSA) is 55.1 Å². The van der Waals surface area contributed by atoms with E-state index in [-0.39, 0.29) is 17.4 Å². The second-order valence-electron chi connectivity index (χ2n) is 7.14. The van der Waals surface area contributed by atoms with Gasteiger partial charge in [0.15, 0.2) is 0 Å². The van der Waals surface area contributed by atoms with Gasteiger partial charge >= 0.3 is 0 Å². The number of aryl methyl sites for hydroxylation is 1. The maximum atomic E-state index is 12.3. The Balaban J connectivity index is 2.04. The second-order valence-corrected chi connectivity index (χ2v) is 7.14. The van der Waals surface area contributed by atoms with E-state index in [4.69, 9.17) is 10.2 Å². The van der Waals surface area contributed by atoms with Gasteiger partial charge in [-0.3, -0.25) is 9.48 Å². The molecule has 20 heavy (non-hydrogen) atoms. The number of carbonyl (C=O) groups is 1. The molecular formula is C16H24N2O2. The number of ketones is 1. The van der Waals surface area contributed by atoms with Gasteiger partial charge in [0.1, 0.15) is 5.78 Å². The van der Waals surface area contributed by atoms with Crippen molar-refractivity contribution in [2.45, 2.75) is 58.4 Å². The molecule has 0 amide bonds. The monoisotopic (exact) mass is 276 g/mol. The van der Waals surface area contributed by atoms with E-state index < -0.39 is 0 Å². The number of Topliss-reactive ketones (excluding diaryl/α,β-unsaturated/α-hetero) is 1. The summed E-state index contributed by atoms with van der Waals surface area (Å²) in [7, 11) is 0. The van der Waals surface area contributed by atoms with E-state index in [0.29, 0.717) is 24.7 Å². The van der Waals surface area contributed by atoms with Gasteiger partial charge in [-0.2, -0.15) is 5.10 Å². The average Bonchev–Trinajstić information content (AvgIpc) is 2.79.